The number of anilines is 1. The first-order valence-electron chi connectivity index (χ1n) is 5.78. The van der Waals surface area contributed by atoms with Crippen LogP contribution in [-0.2, 0) is 0 Å². The van der Waals surface area contributed by atoms with Crippen LogP contribution in [-0.4, -0.2) is 4.98 Å². The summed E-state index contributed by atoms with van der Waals surface area (Å²) in [6, 6.07) is 9.57. The number of aryl methyl sites for hydroxylation is 2. The second kappa shape index (κ2) is 7.50. The van der Waals surface area contributed by atoms with Crippen molar-refractivity contribution in [2.24, 2.45) is 0 Å². The molecule has 0 aliphatic carbocycles. The van der Waals surface area contributed by atoms with Crippen molar-refractivity contribution in [3.05, 3.63) is 23.4 Å². The zero-order chi connectivity index (χ0) is 14.1. The highest BCUT2D eigenvalue weighted by Gasteiger charge is 2.03. The van der Waals surface area contributed by atoms with Gasteiger partial charge in [0.15, 0.2) is 5.82 Å². The third kappa shape index (κ3) is 4.52. The number of aromatic nitrogens is 1. The van der Waals surface area contributed by atoms with Crippen LogP contribution in [0, 0.1) is 61.5 Å². The Bertz CT molecular complexity index is 661. The maximum absolute atomic E-state index is 4.46. The average Bonchev–Trinajstić information content (AvgIpc) is 2.41. The molecule has 0 saturated carbocycles. The second-order valence-corrected chi connectivity index (χ2v) is 3.63. The van der Waals surface area contributed by atoms with E-state index in [0.717, 1.165) is 11.3 Å². The van der Waals surface area contributed by atoms with Crippen molar-refractivity contribution in [1.29, 1.82) is 0 Å². The molecule has 0 N–H and O–H groups in total. The van der Waals surface area contributed by atoms with Gasteiger partial charge in [0, 0.05) is 29.6 Å². The molecular formula is C17H14N2. The van der Waals surface area contributed by atoms with E-state index in [1.54, 1.807) is 18.7 Å². The van der Waals surface area contributed by atoms with E-state index in [1.807, 2.05) is 26.0 Å². The molecule has 0 bridgehead atoms. The zero-order valence-corrected chi connectivity index (χ0v) is 11.5. The minimum atomic E-state index is 0.680. The first kappa shape index (κ1) is 14.3. The van der Waals surface area contributed by atoms with Gasteiger partial charge in [0.1, 0.15) is 0 Å². The Morgan fingerprint density at radius 3 is 1.95 bits per heavy atom. The Hall–Kier alpha value is -2.81. The van der Waals surface area contributed by atoms with E-state index in [9.17, 15) is 0 Å². The van der Waals surface area contributed by atoms with Gasteiger partial charge in [0.2, 0.25) is 0 Å². The van der Waals surface area contributed by atoms with E-state index >= 15 is 0 Å². The molecule has 0 saturated heterocycles. The van der Waals surface area contributed by atoms with Gasteiger partial charge >= 0.3 is 0 Å². The summed E-state index contributed by atoms with van der Waals surface area (Å²) in [5.41, 5.74) is 2.08. The largest absolute Gasteiger partial charge is 0.234 e. The summed E-state index contributed by atoms with van der Waals surface area (Å²) in [5.74, 6) is 16.9. The smallest absolute Gasteiger partial charge is 0.153 e. The molecule has 0 fully saturated rings. The summed E-state index contributed by atoms with van der Waals surface area (Å²) in [5, 5.41) is 0. The Morgan fingerprint density at radius 2 is 1.47 bits per heavy atom. The molecule has 2 nitrogen and oxygen atoms in total. The fourth-order valence-corrected chi connectivity index (χ4v) is 1.18. The lowest BCUT2D eigenvalue weighted by Gasteiger charge is -2.09. The molecule has 92 valence electrons. The molecule has 0 aromatic carbocycles. The average molecular weight is 246 g/mol. The maximum atomic E-state index is 4.46. The van der Waals surface area contributed by atoms with Gasteiger partial charge in [-0.15, -0.1) is 0 Å². The highest BCUT2D eigenvalue weighted by atomic mass is 15.1. The lowest BCUT2D eigenvalue weighted by molar-refractivity contribution is 1.12. The van der Waals surface area contributed by atoms with Crippen LogP contribution >= 0.6 is 0 Å². The molecule has 0 atom stereocenters. The molecule has 0 spiro atoms. The Labute approximate surface area is 115 Å². The van der Waals surface area contributed by atoms with Crippen molar-refractivity contribution in [2.75, 3.05) is 4.90 Å². The molecule has 0 aliphatic heterocycles. The summed E-state index contributed by atoms with van der Waals surface area (Å²) in [6.45, 7) is 7.44. The quantitative estimate of drug-likeness (QED) is 0.559. The topological polar surface area (TPSA) is 16.1 Å². The minimum Gasteiger partial charge on any atom is -0.234 e. The normalized spacial score (nSPS) is 7.37. The van der Waals surface area contributed by atoms with E-state index in [4.69, 9.17) is 0 Å². The van der Waals surface area contributed by atoms with Crippen LogP contribution in [0.25, 0.3) is 0 Å². The number of nitrogens with zero attached hydrogens (tertiary/aromatic N) is 2. The highest BCUT2D eigenvalue weighted by Crippen LogP contribution is 2.12. The Morgan fingerprint density at radius 1 is 0.895 bits per heavy atom. The van der Waals surface area contributed by atoms with Crippen LogP contribution < -0.4 is 4.90 Å². The van der Waals surface area contributed by atoms with Crippen LogP contribution in [0.1, 0.15) is 25.1 Å². The summed E-state index contributed by atoms with van der Waals surface area (Å²) >= 11 is 0. The van der Waals surface area contributed by atoms with Crippen molar-refractivity contribution >= 4 is 5.82 Å². The zero-order valence-electron chi connectivity index (χ0n) is 11.5. The molecule has 1 heterocycles. The van der Waals surface area contributed by atoms with E-state index in [-0.39, 0.29) is 0 Å². The summed E-state index contributed by atoms with van der Waals surface area (Å²) in [6.07, 6.45) is 0. The van der Waals surface area contributed by atoms with Crippen LogP contribution in [0.15, 0.2) is 12.1 Å². The SMILES string of the molecule is CC#CC#CN(C#CC#CC)c1ccc(C)c(C)n1. The van der Waals surface area contributed by atoms with Gasteiger partial charge in [-0.3, -0.25) is 0 Å². The lowest BCUT2D eigenvalue weighted by Crippen LogP contribution is -2.11. The lowest BCUT2D eigenvalue weighted by atomic mass is 10.2. The fourth-order valence-electron chi connectivity index (χ4n) is 1.18. The third-order valence-electron chi connectivity index (χ3n) is 2.27. The van der Waals surface area contributed by atoms with Gasteiger partial charge in [0.25, 0.3) is 0 Å². The van der Waals surface area contributed by atoms with Gasteiger partial charge in [-0.25, -0.2) is 9.88 Å². The summed E-state index contributed by atoms with van der Waals surface area (Å²) in [4.78, 5) is 6.00. The fraction of sp³-hybridized carbons (Fsp3) is 0.235. The van der Waals surface area contributed by atoms with E-state index < -0.39 is 0 Å². The summed E-state index contributed by atoms with van der Waals surface area (Å²) < 4.78 is 0. The molecule has 2 heteroatoms. The van der Waals surface area contributed by atoms with E-state index in [1.165, 1.54) is 0 Å². The molecular weight excluding hydrogens is 232 g/mol. The highest BCUT2D eigenvalue weighted by molar-refractivity contribution is 5.55. The van der Waals surface area contributed by atoms with Gasteiger partial charge in [-0.1, -0.05) is 17.9 Å². The summed E-state index contributed by atoms with van der Waals surface area (Å²) in [7, 11) is 0. The van der Waals surface area contributed by atoms with Crippen molar-refractivity contribution in [1.82, 2.24) is 4.98 Å². The van der Waals surface area contributed by atoms with E-state index in [2.05, 4.69) is 52.6 Å². The number of hydrogen-bond donors (Lipinski definition) is 0. The van der Waals surface area contributed by atoms with Crippen molar-refractivity contribution < 1.29 is 0 Å². The molecule has 1 aromatic rings. The molecule has 1 aromatic heterocycles. The van der Waals surface area contributed by atoms with Crippen molar-refractivity contribution in [3.8, 4) is 47.6 Å². The molecule has 0 amide bonds. The number of pyridine rings is 1. The molecule has 0 aliphatic rings. The molecule has 1 rings (SSSR count). The van der Waals surface area contributed by atoms with Crippen LogP contribution in [0.4, 0.5) is 5.82 Å². The molecule has 0 radical (unpaired) electrons. The predicted octanol–water partition coefficient (Wildman–Crippen LogP) is 2.47. The van der Waals surface area contributed by atoms with Gasteiger partial charge in [0.05, 0.1) is 0 Å². The van der Waals surface area contributed by atoms with Gasteiger partial charge in [-0.2, -0.15) is 0 Å². The number of hydrogen-bond acceptors (Lipinski definition) is 2. The van der Waals surface area contributed by atoms with Crippen molar-refractivity contribution in [2.45, 2.75) is 27.7 Å². The Balaban J connectivity index is 3.18. The monoisotopic (exact) mass is 246 g/mol. The molecule has 0 unspecified atom stereocenters. The minimum absolute atomic E-state index is 0.680. The van der Waals surface area contributed by atoms with Crippen LogP contribution in [0.2, 0.25) is 0 Å². The Kier molecular flexibility index (Phi) is 5.63. The van der Waals surface area contributed by atoms with Crippen LogP contribution in [0.5, 0.6) is 0 Å². The van der Waals surface area contributed by atoms with Crippen molar-refractivity contribution in [3.63, 3.8) is 0 Å². The van der Waals surface area contributed by atoms with E-state index in [0.29, 0.717) is 5.82 Å². The third-order valence-corrected chi connectivity index (χ3v) is 2.27. The van der Waals surface area contributed by atoms with Crippen LogP contribution in [0.3, 0.4) is 0 Å². The van der Waals surface area contributed by atoms with Gasteiger partial charge < -0.3 is 0 Å². The first-order chi connectivity index (χ1) is 9.19. The standard InChI is InChI=1S/C17H14N2/c1-5-7-9-13-19(14-10-8-6-2)17-12-11-15(3)16(4)18-17/h11-12H,1-4H3. The van der Waals surface area contributed by atoms with Gasteiger partial charge in [-0.05, 0) is 51.2 Å². The second-order valence-electron chi connectivity index (χ2n) is 3.63. The first-order valence-corrected chi connectivity index (χ1v) is 5.78. The molecule has 19 heavy (non-hydrogen) atoms. The maximum Gasteiger partial charge on any atom is 0.153 e. The number of rotatable bonds is 1. The predicted molar refractivity (Wildman–Crippen MR) is 78.6 cm³/mol.